The van der Waals surface area contributed by atoms with Crippen LogP contribution in [0.15, 0.2) is 0 Å². The molecule has 0 radical (unpaired) electrons. The van der Waals surface area contributed by atoms with Crippen molar-refractivity contribution in [2.24, 2.45) is 17.8 Å². The molecule has 1 saturated heterocycles. The molecule has 1 rings (SSSR count). The van der Waals surface area contributed by atoms with E-state index in [4.69, 9.17) is 4.74 Å². The van der Waals surface area contributed by atoms with Gasteiger partial charge in [-0.1, -0.05) is 27.7 Å². The van der Waals surface area contributed by atoms with Crippen molar-refractivity contribution in [3.8, 4) is 0 Å². The Labute approximate surface area is 171 Å². The fraction of sp³-hybridized carbons (Fsp3) is 0.955. The van der Waals surface area contributed by atoms with E-state index in [2.05, 4.69) is 6.92 Å². The van der Waals surface area contributed by atoms with Crippen LogP contribution in [0.2, 0.25) is 0 Å². The number of likely N-dealkylation sites (N-methyl/N-ethyl adjacent to an activating group) is 1. The number of hydrogen-bond donors (Lipinski definition) is 3. The summed E-state index contributed by atoms with van der Waals surface area (Å²) in [5.74, 6) is -0.322. The van der Waals surface area contributed by atoms with Crippen LogP contribution in [0.25, 0.3) is 0 Å². The van der Waals surface area contributed by atoms with Crippen LogP contribution in [0.4, 0.5) is 0 Å². The zero-order chi connectivity index (χ0) is 21.9. The molecule has 0 spiro atoms. The average molecular weight is 402 g/mol. The van der Waals surface area contributed by atoms with E-state index in [1.807, 2.05) is 46.6 Å². The van der Waals surface area contributed by atoms with Crippen molar-refractivity contribution < 1.29 is 24.9 Å². The average Bonchev–Trinajstić information content (AvgIpc) is 2.55. The van der Waals surface area contributed by atoms with E-state index in [-0.39, 0.29) is 29.8 Å². The molecule has 3 N–H and O–H groups in total. The van der Waals surface area contributed by atoms with Crippen molar-refractivity contribution in [1.82, 2.24) is 4.90 Å². The summed E-state index contributed by atoms with van der Waals surface area (Å²) in [4.78, 5) is 14.6. The number of esters is 1. The first kappa shape index (κ1) is 25.3. The topological polar surface area (TPSA) is 90.2 Å². The summed E-state index contributed by atoms with van der Waals surface area (Å²) < 4.78 is 5.65. The lowest BCUT2D eigenvalue weighted by Crippen LogP contribution is -2.58. The van der Waals surface area contributed by atoms with Crippen LogP contribution in [0, 0.1) is 17.8 Å². The van der Waals surface area contributed by atoms with Crippen LogP contribution in [0.3, 0.4) is 0 Å². The molecule has 0 aliphatic carbocycles. The van der Waals surface area contributed by atoms with E-state index in [1.165, 1.54) is 0 Å². The Bertz CT molecular complexity index is 507. The summed E-state index contributed by atoms with van der Waals surface area (Å²) in [6.07, 6.45) is 0.417. The highest BCUT2D eigenvalue weighted by Crippen LogP contribution is 2.31. The molecule has 4 unspecified atom stereocenters. The Morgan fingerprint density at radius 2 is 1.64 bits per heavy atom. The number of nitrogens with zero attached hydrogens (tertiary/aromatic N) is 1. The molecule has 1 aliphatic rings. The highest BCUT2D eigenvalue weighted by molar-refractivity contribution is 5.72. The third-order valence-corrected chi connectivity index (χ3v) is 6.37. The quantitative estimate of drug-likeness (QED) is 0.585. The highest BCUT2D eigenvalue weighted by atomic mass is 16.6. The molecule has 0 saturated carbocycles. The van der Waals surface area contributed by atoms with Gasteiger partial charge >= 0.3 is 5.97 Å². The Kier molecular flexibility index (Phi) is 8.94. The number of carbonyl (C=O) groups is 1. The van der Waals surface area contributed by atoms with Gasteiger partial charge in [0.25, 0.3) is 0 Å². The summed E-state index contributed by atoms with van der Waals surface area (Å²) in [5.41, 5.74) is -2.37. The Morgan fingerprint density at radius 3 is 2.18 bits per heavy atom. The smallest absolute Gasteiger partial charge is 0.309 e. The number of hydrogen-bond acceptors (Lipinski definition) is 6. The van der Waals surface area contributed by atoms with E-state index in [1.54, 1.807) is 6.92 Å². The van der Waals surface area contributed by atoms with Crippen molar-refractivity contribution in [3.63, 3.8) is 0 Å². The first-order chi connectivity index (χ1) is 12.7. The second-order valence-corrected chi connectivity index (χ2v) is 9.94. The lowest BCUT2D eigenvalue weighted by atomic mass is 9.82. The normalized spacial score (nSPS) is 45.8. The van der Waals surface area contributed by atoms with Crippen molar-refractivity contribution >= 4 is 5.97 Å². The Hall–Kier alpha value is -0.690. The molecule has 6 nitrogen and oxygen atoms in total. The number of rotatable bonds is 1. The minimum atomic E-state index is -1.56. The molecular weight excluding hydrogens is 358 g/mol. The molecule has 28 heavy (non-hydrogen) atoms. The summed E-state index contributed by atoms with van der Waals surface area (Å²) in [5, 5.41) is 32.8. The fourth-order valence-electron chi connectivity index (χ4n) is 4.88. The van der Waals surface area contributed by atoms with Gasteiger partial charge in [-0.3, -0.25) is 4.79 Å². The number of ether oxygens (including phenoxy) is 1. The second-order valence-electron chi connectivity index (χ2n) is 9.94. The van der Waals surface area contributed by atoms with Gasteiger partial charge in [-0.15, -0.1) is 0 Å². The molecule has 8 atom stereocenters. The summed E-state index contributed by atoms with van der Waals surface area (Å²) in [6.45, 7) is 13.8. The van der Waals surface area contributed by atoms with E-state index in [0.29, 0.717) is 32.2 Å². The van der Waals surface area contributed by atoms with Gasteiger partial charge in [-0.05, 0) is 65.3 Å². The van der Waals surface area contributed by atoms with Crippen molar-refractivity contribution in [2.45, 2.75) is 104 Å². The maximum atomic E-state index is 12.6. The molecule has 6 heteroatoms. The second kappa shape index (κ2) is 9.88. The molecule has 1 fully saturated rings. The predicted octanol–water partition coefficient (Wildman–Crippen LogP) is 2.58. The van der Waals surface area contributed by atoms with Gasteiger partial charge in [-0.2, -0.15) is 0 Å². The van der Waals surface area contributed by atoms with Gasteiger partial charge in [0.2, 0.25) is 0 Å². The SMILES string of the molecule is CCC1OC(=O)C(C)C[C@@H](C)CC(C)(O)CC(C)CN(C)[C@H](C)[C@@H](O)[C@]1(C)O. The molecule has 0 aromatic rings. The van der Waals surface area contributed by atoms with E-state index in [0.717, 1.165) is 0 Å². The van der Waals surface area contributed by atoms with Crippen molar-refractivity contribution in [2.75, 3.05) is 13.6 Å². The first-order valence-corrected chi connectivity index (χ1v) is 10.7. The summed E-state index contributed by atoms with van der Waals surface area (Å²) >= 11 is 0. The van der Waals surface area contributed by atoms with Gasteiger partial charge in [0.1, 0.15) is 17.8 Å². The number of carbonyl (C=O) groups excluding carboxylic acids is 1. The molecule has 0 bridgehead atoms. The number of aliphatic hydroxyl groups excluding tert-OH is 1. The largest absolute Gasteiger partial charge is 0.459 e. The first-order valence-electron chi connectivity index (χ1n) is 10.7. The number of cyclic esters (lactones) is 1. The number of aliphatic hydroxyl groups is 3. The summed E-state index contributed by atoms with van der Waals surface area (Å²) in [6, 6.07) is -0.336. The predicted molar refractivity (Wildman–Crippen MR) is 111 cm³/mol. The van der Waals surface area contributed by atoms with Crippen LogP contribution >= 0.6 is 0 Å². The van der Waals surface area contributed by atoms with Crippen molar-refractivity contribution in [3.05, 3.63) is 0 Å². The third kappa shape index (κ3) is 6.68. The van der Waals surface area contributed by atoms with E-state index < -0.39 is 23.4 Å². The summed E-state index contributed by atoms with van der Waals surface area (Å²) in [7, 11) is 1.91. The van der Waals surface area contributed by atoms with E-state index >= 15 is 0 Å². The standard InChI is InChI=1S/C22H43NO5/c1-9-18-22(7,27)19(24)17(5)23(8)13-15(3)12-21(6,26)11-14(2)10-16(4)20(25)28-18/h14-19,24,26-27H,9-13H2,1-8H3/t14-,15?,16?,17-,18?,19-,21?,22-/m1/s1. The monoisotopic (exact) mass is 401 g/mol. The third-order valence-electron chi connectivity index (χ3n) is 6.37. The van der Waals surface area contributed by atoms with Gasteiger partial charge in [0.15, 0.2) is 0 Å². The van der Waals surface area contributed by atoms with E-state index in [9.17, 15) is 20.1 Å². The van der Waals surface area contributed by atoms with Crippen LogP contribution < -0.4 is 0 Å². The van der Waals surface area contributed by atoms with Crippen LogP contribution in [-0.2, 0) is 9.53 Å². The molecular formula is C22H43NO5. The Morgan fingerprint density at radius 1 is 1.11 bits per heavy atom. The molecule has 0 aromatic heterocycles. The fourth-order valence-corrected chi connectivity index (χ4v) is 4.88. The zero-order valence-electron chi connectivity index (χ0n) is 19.1. The van der Waals surface area contributed by atoms with Crippen LogP contribution in [-0.4, -0.2) is 69.2 Å². The van der Waals surface area contributed by atoms with Gasteiger partial charge in [0, 0.05) is 12.6 Å². The van der Waals surface area contributed by atoms with Crippen molar-refractivity contribution in [1.29, 1.82) is 0 Å². The zero-order valence-corrected chi connectivity index (χ0v) is 19.1. The molecule has 1 heterocycles. The molecule has 0 amide bonds. The minimum Gasteiger partial charge on any atom is -0.459 e. The van der Waals surface area contributed by atoms with Crippen LogP contribution in [0.5, 0.6) is 0 Å². The van der Waals surface area contributed by atoms with Gasteiger partial charge in [0.05, 0.1) is 11.5 Å². The molecule has 1 aliphatic heterocycles. The minimum absolute atomic E-state index is 0.165. The molecule has 0 aromatic carbocycles. The lowest BCUT2D eigenvalue weighted by molar-refractivity contribution is -0.189. The highest BCUT2D eigenvalue weighted by Gasteiger charge is 2.44. The lowest BCUT2D eigenvalue weighted by Gasteiger charge is -2.42. The maximum Gasteiger partial charge on any atom is 0.309 e. The Balaban J connectivity index is 3.19. The van der Waals surface area contributed by atoms with Gasteiger partial charge < -0.3 is 25.0 Å². The van der Waals surface area contributed by atoms with Crippen LogP contribution in [0.1, 0.15) is 74.1 Å². The maximum absolute atomic E-state index is 12.6. The van der Waals surface area contributed by atoms with Gasteiger partial charge in [-0.25, -0.2) is 0 Å². The molecule has 166 valence electrons.